The lowest BCUT2D eigenvalue weighted by molar-refractivity contribution is 0.101. The second-order valence-corrected chi connectivity index (χ2v) is 4.56. The van der Waals surface area contributed by atoms with Crippen LogP contribution in [-0.4, -0.2) is 19.0 Å². The number of nitriles is 1. The monoisotopic (exact) mass is 243 g/mol. The first-order chi connectivity index (χ1) is 8.74. The molecule has 3 rings (SSSR count). The molecule has 2 aliphatic heterocycles. The summed E-state index contributed by atoms with van der Waals surface area (Å²) in [5, 5.41) is 8.95. The van der Waals surface area contributed by atoms with Gasteiger partial charge in [-0.2, -0.15) is 5.26 Å². The lowest BCUT2D eigenvalue weighted by atomic mass is 9.91. The quantitative estimate of drug-likeness (QED) is 0.743. The number of hydrogen-bond acceptors (Lipinski definition) is 4. The number of ether oxygens (including phenoxy) is 2. The van der Waals surface area contributed by atoms with E-state index in [-0.39, 0.29) is 5.78 Å². The lowest BCUT2D eigenvalue weighted by Gasteiger charge is -2.14. The molecule has 0 spiro atoms. The van der Waals surface area contributed by atoms with E-state index in [1.807, 2.05) is 0 Å². The molecule has 0 saturated carbocycles. The van der Waals surface area contributed by atoms with Crippen LogP contribution in [-0.2, 0) is 19.3 Å². The van der Waals surface area contributed by atoms with Gasteiger partial charge in [0.05, 0.1) is 31.3 Å². The minimum atomic E-state index is 0.0124. The fraction of sp³-hybridized carbons (Fsp3) is 0.429. The van der Waals surface area contributed by atoms with E-state index < -0.39 is 0 Å². The van der Waals surface area contributed by atoms with E-state index in [2.05, 4.69) is 6.07 Å². The number of fused-ring (bicyclic) bond motifs is 2. The summed E-state index contributed by atoms with van der Waals surface area (Å²) in [5.74, 6) is 1.46. The van der Waals surface area contributed by atoms with E-state index >= 15 is 0 Å². The Kier molecular flexibility index (Phi) is 2.48. The van der Waals surface area contributed by atoms with Gasteiger partial charge >= 0.3 is 0 Å². The van der Waals surface area contributed by atoms with Gasteiger partial charge in [0.1, 0.15) is 11.5 Å². The van der Waals surface area contributed by atoms with Gasteiger partial charge in [-0.05, 0) is 6.92 Å². The number of hydrogen-bond donors (Lipinski definition) is 0. The third-order valence-corrected chi connectivity index (χ3v) is 3.52. The van der Waals surface area contributed by atoms with Gasteiger partial charge in [0, 0.05) is 29.5 Å². The Morgan fingerprint density at radius 1 is 1.22 bits per heavy atom. The topological polar surface area (TPSA) is 59.3 Å². The summed E-state index contributed by atoms with van der Waals surface area (Å²) in [5.41, 5.74) is 3.50. The molecule has 0 aromatic heterocycles. The fourth-order valence-electron chi connectivity index (χ4n) is 2.84. The van der Waals surface area contributed by atoms with E-state index in [1.54, 1.807) is 6.92 Å². The number of ketones is 1. The Balaban J connectivity index is 2.32. The summed E-state index contributed by atoms with van der Waals surface area (Å²) >= 11 is 0. The van der Waals surface area contributed by atoms with Crippen molar-refractivity contribution in [1.82, 2.24) is 0 Å². The predicted molar refractivity (Wildman–Crippen MR) is 64.2 cm³/mol. The number of carbonyl (C=O) groups excluding carboxylic acids is 1. The van der Waals surface area contributed by atoms with Gasteiger partial charge in [-0.1, -0.05) is 0 Å². The van der Waals surface area contributed by atoms with Crippen molar-refractivity contribution in [3.8, 4) is 17.6 Å². The molecule has 0 saturated heterocycles. The lowest BCUT2D eigenvalue weighted by Crippen LogP contribution is -2.04. The van der Waals surface area contributed by atoms with Crippen molar-refractivity contribution in [2.24, 2.45) is 0 Å². The Morgan fingerprint density at radius 2 is 1.89 bits per heavy atom. The molecule has 92 valence electrons. The molecule has 18 heavy (non-hydrogen) atoms. The molecule has 2 heterocycles. The highest BCUT2D eigenvalue weighted by atomic mass is 16.5. The average molecular weight is 243 g/mol. The van der Waals surface area contributed by atoms with Crippen LogP contribution in [0.5, 0.6) is 11.5 Å². The molecule has 1 aromatic rings. The molecule has 4 heteroatoms. The predicted octanol–water partition coefficient (Wildman–Crippen LogP) is 1.83. The van der Waals surface area contributed by atoms with Crippen molar-refractivity contribution >= 4 is 5.78 Å². The van der Waals surface area contributed by atoms with Gasteiger partial charge in [0.15, 0.2) is 5.78 Å². The summed E-state index contributed by atoms with van der Waals surface area (Å²) in [4.78, 5) is 11.8. The Bertz CT molecular complexity index is 549. The van der Waals surface area contributed by atoms with Gasteiger partial charge in [-0.3, -0.25) is 4.79 Å². The van der Waals surface area contributed by atoms with E-state index in [4.69, 9.17) is 14.7 Å². The number of nitrogens with zero attached hydrogens (tertiary/aromatic N) is 1. The van der Waals surface area contributed by atoms with Crippen LogP contribution in [0.1, 0.15) is 34.0 Å². The van der Waals surface area contributed by atoms with Crippen molar-refractivity contribution in [2.75, 3.05) is 13.2 Å². The minimum absolute atomic E-state index is 0.0124. The van der Waals surface area contributed by atoms with E-state index in [1.165, 1.54) is 0 Å². The van der Waals surface area contributed by atoms with Crippen LogP contribution in [0.3, 0.4) is 0 Å². The zero-order chi connectivity index (χ0) is 12.7. The number of carbonyl (C=O) groups is 1. The summed E-state index contributed by atoms with van der Waals surface area (Å²) in [6, 6.07) is 2.17. The molecule has 0 N–H and O–H groups in total. The highest BCUT2D eigenvalue weighted by molar-refractivity contribution is 6.00. The van der Waals surface area contributed by atoms with E-state index in [0.29, 0.717) is 30.9 Å². The van der Waals surface area contributed by atoms with Crippen LogP contribution in [0.2, 0.25) is 0 Å². The summed E-state index contributed by atoms with van der Waals surface area (Å²) in [6.07, 6.45) is 1.79. The standard InChI is InChI=1S/C14H13NO3/c1-8(16)12-11-4-7-17-13(11)9(2-5-15)10-3-6-18-14(10)12/h2-4,6-7H2,1H3. The highest BCUT2D eigenvalue weighted by Crippen LogP contribution is 2.44. The van der Waals surface area contributed by atoms with E-state index in [0.717, 1.165) is 35.3 Å². The molecule has 4 nitrogen and oxygen atoms in total. The second kappa shape index (κ2) is 4.02. The van der Waals surface area contributed by atoms with E-state index in [9.17, 15) is 4.79 Å². The molecule has 0 fully saturated rings. The number of rotatable bonds is 2. The minimum Gasteiger partial charge on any atom is -0.493 e. The maximum atomic E-state index is 11.8. The maximum Gasteiger partial charge on any atom is 0.163 e. The summed E-state index contributed by atoms with van der Waals surface area (Å²) in [6.45, 7) is 2.72. The van der Waals surface area contributed by atoms with Crippen LogP contribution >= 0.6 is 0 Å². The van der Waals surface area contributed by atoms with Gasteiger partial charge in [-0.15, -0.1) is 0 Å². The van der Waals surface area contributed by atoms with Gasteiger partial charge in [-0.25, -0.2) is 0 Å². The molecule has 0 amide bonds. The molecule has 0 radical (unpaired) electrons. The van der Waals surface area contributed by atoms with Crippen LogP contribution < -0.4 is 9.47 Å². The summed E-state index contributed by atoms with van der Waals surface area (Å²) in [7, 11) is 0. The highest BCUT2D eigenvalue weighted by Gasteiger charge is 2.32. The van der Waals surface area contributed by atoms with Crippen molar-refractivity contribution in [3.05, 3.63) is 22.3 Å². The van der Waals surface area contributed by atoms with Gasteiger partial charge in [0.2, 0.25) is 0 Å². The fourth-order valence-corrected chi connectivity index (χ4v) is 2.84. The Hall–Kier alpha value is -2.02. The van der Waals surface area contributed by atoms with Gasteiger partial charge < -0.3 is 9.47 Å². The maximum absolute atomic E-state index is 11.8. The second-order valence-electron chi connectivity index (χ2n) is 4.56. The molecule has 2 aliphatic rings. The first-order valence-electron chi connectivity index (χ1n) is 6.08. The third-order valence-electron chi connectivity index (χ3n) is 3.52. The van der Waals surface area contributed by atoms with Crippen LogP contribution in [0, 0.1) is 11.3 Å². The van der Waals surface area contributed by atoms with Crippen molar-refractivity contribution in [1.29, 1.82) is 5.26 Å². The first-order valence-corrected chi connectivity index (χ1v) is 6.08. The smallest absolute Gasteiger partial charge is 0.163 e. The van der Waals surface area contributed by atoms with Crippen molar-refractivity contribution < 1.29 is 14.3 Å². The number of benzene rings is 1. The van der Waals surface area contributed by atoms with Crippen LogP contribution in [0.25, 0.3) is 0 Å². The van der Waals surface area contributed by atoms with Gasteiger partial charge in [0.25, 0.3) is 0 Å². The molecule has 0 atom stereocenters. The zero-order valence-corrected chi connectivity index (χ0v) is 10.2. The SMILES string of the molecule is CC(=O)c1c2c(c(CC#N)c3c1OCC3)OCC2. The van der Waals surface area contributed by atoms with Crippen LogP contribution in [0.4, 0.5) is 0 Å². The Morgan fingerprint density at radius 3 is 2.56 bits per heavy atom. The molecule has 1 aromatic carbocycles. The molecule has 0 bridgehead atoms. The van der Waals surface area contributed by atoms with Crippen LogP contribution in [0.15, 0.2) is 0 Å². The average Bonchev–Trinajstić information content (AvgIpc) is 2.96. The first kappa shape index (κ1) is 11.1. The molecule has 0 aliphatic carbocycles. The normalized spacial score (nSPS) is 15.3. The largest absolute Gasteiger partial charge is 0.493 e. The molecular formula is C14H13NO3. The summed E-state index contributed by atoms with van der Waals surface area (Å²) < 4.78 is 11.3. The zero-order valence-electron chi connectivity index (χ0n) is 10.2. The van der Waals surface area contributed by atoms with Crippen molar-refractivity contribution in [3.63, 3.8) is 0 Å². The van der Waals surface area contributed by atoms with Crippen molar-refractivity contribution in [2.45, 2.75) is 26.2 Å². The molecular weight excluding hydrogens is 230 g/mol. The molecule has 0 unspecified atom stereocenters. The third kappa shape index (κ3) is 1.40. The number of Topliss-reactive ketones (excluding diaryl/α,β-unsaturated/α-hetero) is 1. The Labute approximate surface area is 105 Å².